The molecule has 0 fully saturated rings. The summed E-state index contributed by atoms with van der Waals surface area (Å²) >= 11 is 1.48. The van der Waals surface area contributed by atoms with Gasteiger partial charge < -0.3 is 10.1 Å². The number of nitrogens with one attached hydrogen (secondary N) is 1. The molecule has 3 rings (SSSR count). The summed E-state index contributed by atoms with van der Waals surface area (Å²) in [7, 11) is 0. The van der Waals surface area contributed by atoms with E-state index in [1.165, 1.54) is 11.3 Å². The number of thiophene rings is 1. The number of esters is 1. The van der Waals surface area contributed by atoms with Crippen LogP contribution in [0.2, 0.25) is 0 Å². The van der Waals surface area contributed by atoms with Gasteiger partial charge in [0.15, 0.2) is 6.61 Å². The summed E-state index contributed by atoms with van der Waals surface area (Å²) in [6.07, 6.45) is 1.95. The number of benzene rings is 1. The van der Waals surface area contributed by atoms with Crippen LogP contribution in [-0.2, 0) is 27.2 Å². The van der Waals surface area contributed by atoms with Gasteiger partial charge in [0.2, 0.25) is 0 Å². The first kappa shape index (κ1) is 18.8. The molecule has 0 aliphatic heterocycles. The summed E-state index contributed by atoms with van der Waals surface area (Å²) in [6, 6.07) is 15.2. The van der Waals surface area contributed by atoms with Gasteiger partial charge in [-0.25, -0.2) is 4.68 Å². The van der Waals surface area contributed by atoms with Crippen molar-refractivity contribution in [3.05, 3.63) is 64.5 Å². The van der Waals surface area contributed by atoms with E-state index in [1.54, 1.807) is 4.68 Å². The van der Waals surface area contributed by atoms with E-state index >= 15 is 0 Å². The predicted molar refractivity (Wildman–Crippen MR) is 105 cm³/mol. The van der Waals surface area contributed by atoms with Crippen molar-refractivity contribution in [1.82, 2.24) is 9.78 Å². The molecule has 1 amide bonds. The fourth-order valence-corrected chi connectivity index (χ4v) is 3.29. The van der Waals surface area contributed by atoms with E-state index in [-0.39, 0.29) is 13.0 Å². The highest BCUT2D eigenvalue weighted by molar-refractivity contribution is 7.10. The van der Waals surface area contributed by atoms with Crippen molar-refractivity contribution in [3.63, 3.8) is 0 Å². The Morgan fingerprint density at radius 1 is 1.19 bits per heavy atom. The Hall–Kier alpha value is -2.93. The maximum Gasteiger partial charge on any atom is 0.311 e. The Balaban J connectivity index is 1.63. The van der Waals surface area contributed by atoms with Crippen LogP contribution in [0, 0.1) is 0 Å². The second-order valence-electron chi connectivity index (χ2n) is 5.98. The van der Waals surface area contributed by atoms with Crippen molar-refractivity contribution in [2.45, 2.75) is 26.2 Å². The third-order valence-electron chi connectivity index (χ3n) is 3.80. The summed E-state index contributed by atoms with van der Waals surface area (Å²) in [4.78, 5) is 25.0. The lowest BCUT2D eigenvalue weighted by Gasteiger charge is -2.09. The number of anilines is 1. The standard InChI is InChI=1S/C20H21N3O3S/c1-2-7-15-12-18(23(22-15)16-8-4-3-5-9-16)21-19(24)14-26-20(25)13-17-10-6-11-27-17/h3-6,8-12H,2,7,13-14H2,1H3,(H,21,24). The zero-order valence-electron chi connectivity index (χ0n) is 15.1. The molecule has 0 aliphatic rings. The van der Waals surface area contributed by atoms with Gasteiger partial charge in [-0.2, -0.15) is 5.10 Å². The Labute approximate surface area is 161 Å². The molecule has 0 radical (unpaired) electrons. The van der Waals surface area contributed by atoms with Crippen molar-refractivity contribution in [1.29, 1.82) is 0 Å². The number of nitrogens with zero attached hydrogens (tertiary/aromatic N) is 2. The molecule has 0 atom stereocenters. The lowest BCUT2D eigenvalue weighted by atomic mass is 10.2. The van der Waals surface area contributed by atoms with Crippen molar-refractivity contribution in [3.8, 4) is 5.69 Å². The summed E-state index contributed by atoms with van der Waals surface area (Å²) < 4.78 is 6.77. The first-order valence-electron chi connectivity index (χ1n) is 8.78. The third-order valence-corrected chi connectivity index (χ3v) is 4.67. The number of carbonyl (C=O) groups excluding carboxylic acids is 2. The van der Waals surface area contributed by atoms with Gasteiger partial charge in [0.25, 0.3) is 5.91 Å². The summed E-state index contributed by atoms with van der Waals surface area (Å²) in [5.74, 6) is -0.255. The fraction of sp³-hybridized carbons (Fsp3) is 0.250. The normalized spacial score (nSPS) is 10.6. The summed E-state index contributed by atoms with van der Waals surface area (Å²) in [5.41, 5.74) is 1.75. The Morgan fingerprint density at radius 3 is 2.70 bits per heavy atom. The number of rotatable bonds is 8. The summed E-state index contributed by atoms with van der Waals surface area (Å²) in [6.45, 7) is 1.75. The molecule has 140 valence electrons. The molecule has 2 aromatic heterocycles. The highest BCUT2D eigenvalue weighted by Crippen LogP contribution is 2.18. The molecule has 0 saturated heterocycles. The Bertz CT molecular complexity index is 889. The molecule has 0 aliphatic carbocycles. The van der Waals surface area contributed by atoms with Crippen molar-refractivity contribution >= 4 is 29.0 Å². The van der Waals surface area contributed by atoms with E-state index in [9.17, 15) is 9.59 Å². The van der Waals surface area contributed by atoms with Crippen LogP contribution in [0.25, 0.3) is 5.69 Å². The zero-order chi connectivity index (χ0) is 19.1. The van der Waals surface area contributed by atoms with Crippen LogP contribution in [0.4, 0.5) is 5.82 Å². The van der Waals surface area contributed by atoms with Gasteiger partial charge in [-0.15, -0.1) is 11.3 Å². The van der Waals surface area contributed by atoms with E-state index in [0.717, 1.165) is 29.1 Å². The summed E-state index contributed by atoms with van der Waals surface area (Å²) in [5, 5.41) is 9.25. The van der Waals surface area contributed by atoms with Gasteiger partial charge >= 0.3 is 5.97 Å². The average molecular weight is 383 g/mol. The Morgan fingerprint density at radius 2 is 2.00 bits per heavy atom. The lowest BCUT2D eigenvalue weighted by Crippen LogP contribution is -2.22. The van der Waals surface area contributed by atoms with Crippen LogP contribution in [0.5, 0.6) is 0 Å². The smallest absolute Gasteiger partial charge is 0.311 e. The Kier molecular flexibility index (Phi) is 6.38. The molecule has 1 aromatic carbocycles. The minimum atomic E-state index is -0.421. The molecule has 0 bridgehead atoms. The van der Waals surface area contributed by atoms with Gasteiger partial charge in [-0.3, -0.25) is 9.59 Å². The van der Waals surface area contributed by atoms with E-state index in [1.807, 2.05) is 53.9 Å². The number of aryl methyl sites for hydroxylation is 1. The van der Waals surface area contributed by atoms with Gasteiger partial charge in [-0.05, 0) is 30.0 Å². The SMILES string of the molecule is CCCc1cc(NC(=O)COC(=O)Cc2cccs2)n(-c2ccccc2)n1. The number of hydrogen-bond donors (Lipinski definition) is 1. The van der Waals surface area contributed by atoms with Gasteiger partial charge in [-0.1, -0.05) is 37.6 Å². The molecule has 3 aromatic rings. The number of para-hydroxylation sites is 1. The van der Waals surface area contributed by atoms with Crippen molar-refractivity contribution in [2.75, 3.05) is 11.9 Å². The van der Waals surface area contributed by atoms with Crippen molar-refractivity contribution < 1.29 is 14.3 Å². The maximum atomic E-state index is 12.2. The lowest BCUT2D eigenvalue weighted by molar-refractivity contribution is -0.146. The van der Waals surface area contributed by atoms with E-state index < -0.39 is 11.9 Å². The molecule has 0 spiro atoms. The van der Waals surface area contributed by atoms with Crippen LogP contribution in [0.3, 0.4) is 0 Å². The number of amides is 1. The molecular formula is C20H21N3O3S. The minimum absolute atomic E-state index is 0.174. The highest BCUT2D eigenvalue weighted by Gasteiger charge is 2.14. The van der Waals surface area contributed by atoms with Crippen LogP contribution in [0.15, 0.2) is 53.9 Å². The largest absolute Gasteiger partial charge is 0.455 e. The van der Waals surface area contributed by atoms with E-state index in [4.69, 9.17) is 4.74 Å². The second kappa shape index (κ2) is 9.14. The quantitative estimate of drug-likeness (QED) is 0.603. The number of carbonyl (C=O) groups is 2. The van der Waals surface area contributed by atoms with Crippen LogP contribution in [0.1, 0.15) is 23.9 Å². The predicted octanol–water partition coefficient (Wildman–Crippen LogP) is 3.61. The van der Waals surface area contributed by atoms with Gasteiger partial charge in [0, 0.05) is 10.9 Å². The fourth-order valence-electron chi connectivity index (χ4n) is 2.59. The molecule has 0 unspecified atom stereocenters. The molecule has 2 heterocycles. The monoisotopic (exact) mass is 383 g/mol. The average Bonchev–Trinajstić information content (AvgIpc) is 3.31. The molecule has 0 saturated carbocycles. The molecule has 6 nitrogen and oxygen atoms in total. The van der Waals surface area contributed by atoms with Crippen LogP contribution in [-0.4, -0.2) is 28.3 Å². The van der Waals surface area contributed by atoms with Crippen LogP contribution >= 0.6 is 11.3 Å². The second-order valence-corrected chi connectivity index (χ2v) is 7.02. The van der Waals surface area contributed by atoms with Crippen molar-refractivity contribution in [2.24, 2.45) is 0 Å². The molecule has 7 heteroatoms. The highest BCUT2D eigenvalue weighted by atomic mass is 32.1. The van der Waals surface area contributed by atoms with Gasteiger partial charge in [0.05, 0.1) is 17.8 Å². The minimum Gasteiger partial charge on any atom is -0.455 e. The topological polar surface area (TPSA) is 73.2 Å². The van der Waals surface area contributed by atoms with E-state index in [2.05, 4.69) is 17.3 Å². The number of hydrogen-bond acceptors (Lipinski definition) is 5. The number of ether oxygens (including phenoxy) is 1. The van der Waals surface area contributed by atoms with Gasteiger partial charge in [0.1, 0.15) is 5.82 Å². The van der Waals surface area contributed by atoms with E-state index in [0.29, 0.717) is 5.82 Å². The third kappa shape index (κ3) is 5.27. The first-order chi connectivity index (χ1) is 13.2. The number of aromatic nitrogens is 2. The molecular weight excluding hydrogens is 362 g/mol. The maximum absolute atomic E-state index is 12.2. The molecule has 1 N–H and O–H groups in total. The van der Waals surface area contributed by atoms with Crippen LogP contribution < -0.4 is 5.32 Å². The zero-order valence-corrected chi connectivity index (χ0v) is 15.9. The molecule has 27 heavy (non-hydrogen) atoms. The first-order valence-corrected chi connectivity index (χ1v) is 9.66.